The highest BCUT2D eigenvalue weighted by Gasteiger charge is 2.37. The smallest absolute Gasteiger partial charge is 0.327 e. The highest BCUT2D eigenvalue weighted by atomic mass is 35.5. The van der Waals surface area contributed by atoms with Crippen molar-refractivity contribution in [3.63, 3.8) is 0 Å². The zero-order chi connectivity index (χ0) is 31.3. The largest absolute Gasteiger partial charge is 0.480 e. The van der Waals surface area contributed by atoms with Crippen LogP contribution in [-0.4, -0.2) is 37.3 Å². The molecule has 2 amide bonds. The highest BCUT2D eigenvalue weighted by Crippen LogP contribution is 2.36. The molecule has 0 saturated heterocycles. The molecule has 0 saturated carbocycles. The van der Waals surface area contributed by atoms with Crippen LogP contribution in [0, 0.1) is 0 Å². The van der Waals surface area contributed by atoms with Gasteiger partial charge in [-0.2, -0.15) is 0 Å². The number of carbonyl (C=O) groups excluding carboxylic acids is 2. The maximum atomic E-state index is 14.2. The van der Waals surface area contributed by atoms with E-state index < -0.39 is 33.8 Å². The van der Waals surface area contributed by atoms with Crippen LogP contribution in [0.2, 0.25) is 10.0 Å². The zero-order valence-corrected chi connectivity index (χ0v) is 25.4. The summed E-state index contributed by atoms with van der Waals surface area (Å²) in [6, 6.07) is 18.4. The Labute approximate surface area is 259 Å². The average molecular weight is 643 g/mol. The van der Waals surface area contributed by atoms with Crippen LogP contribution in [0.15, 0.2) is 83.8 Å². The van der Waals surface area contributed by atoms with Crippen LogP contribution in [-0.2, 0) is 21.4 Å². The van der Waals surface area contributed by atoms with Crippen LogP contribution in [0.3, 0.4) is 0 Å². The number of fused-ring (bicyclic) bond motifs is 1. The Bertz CT molecular complexity index is 1780. The van der Waals surface area contributed by atoms with Gasteiger partial charge in [-0.25, -0.2) is 13.2 Å². The van der Waals surface area contributed by atoms with E-state index in [2.05, 4.69) is 5.32 Å². The molecule has 0 aliphatic carbocycles. The number of rotatable bonds is 12. The molecule has 0 bridgehead atoms. The summed E-state index contributed by atoms with van der Waals surface area (Å²) < 4.78 is 29.2. The van der Waals surface area contributed by atoms with Crippen molar-refractivity contribution in [1.29, 1.82) is 0 Å². The number of sulfonamides is 1. The maximum absolute atomic E-state index is 14.2. The quantitative estimate of drug-likeness (QED) is 0.172. The highest BCUT2D eigenvalue weighted by molar-refractivity contribution is 7.93. The first-order valence-electron chi connectivity index (χ1n) is 13.4. The third-order valence-corrected chi connectivity index (χ3v) is 9.10. The van der Waals surface area contributed by atoms with Crippen molar-refractivity contribution in [2.45, 2.75) is 43.7 Å². The van der Waals surface area contributed by atoms with E-state index in [4.69, 9.17) is 28.9 Å². The minimum Gasteiger partial charge on any atom is -0.480 e. The number of carboxylic acids is 1. The normalized spacial score (nSPS) is 12.1. The summed E-state index contributed by atoms with van der Waals surface area (Å²) in [7, 11) is -4.50. The molecular formula is C31H29Cl2N3O6S. The monoisotopic (exact) mass is 641 g/mol. The van der Waals surface area contributed by atoms with Gasteiger partial charge in [-0.1, -0.05) is 79.4 Å². The fourth-order valence-corrected chi connectivity index (χ4v) is 7.13. The van der Waals surface area contributed by atoms with Gasteiger partial charge in [-0.3, -0.25) is 13.9 Å². The number of nitrogens with two attached hydrogens (primary N) is 1. The number of anilines is 1. The van der Waals surface area contributed by atoms with Crippen molar-refractivity contribution in [3.8, 4) is 0 Å². The van der Waals surface area contributed by atoms with Gasteiger partial charge in [0, 0.05) is 33.1 Å². The maximum Gasteiger partial charge on any atom is 0.327 e. The van der Waals surface area contributed by atoms with E-state index in [0.717, 1.165) is 9.87 Å². The van der Waals surface area contributed by atoms with Crippen molar-refractivity contribution >= 4 is 67.5 Å². The molecule has 4 rings (SSSR count). The van der Waals surface area contributed by atoms with Crippen LogP contribution < -0.4 is 15.4 Å². The van der Waals surface area contributed by atoms with E-state index >= 15 is 0 Å². The van der Waals surface area contributed by atoms with Crippen LogP contribution in [0.1, 0.15) is 52.5 Å². The van der Waals surface area contributed by atoms with Crippen molar-refractivity contribution in [2.24, 2.45) is 5.73 Å². The number of primary amides is 1. The number of nitrogens with zero attached hydrogens (tertiary/aromatic N) is 1. The lowest BCUT2D eigenvalue weighted by Crippen LogP contribution is -2.45. The first-order chi connectivity index (χ1) is 20.4. The van der Waals surface area contributed by atoms with Gasteiger partial charge in [0.25, 0.3) is 15.9 Å². The number of nitrogens with one attached hydrogen (secondary N) is 1. The number of unbranched alkanes of at least 4 members (excludes halogenated alkanes) is 1. The third-order valence-electron chi connectivity index (χ3n) is 6.86. The lowest BCUT2D eigenvalue weighted by atomic mass is 10.0. The van der Waals surface area contributed by atoms with E-state index in [1.165, 1.54) is 24.3 Å². The van der Waals surface area contributed by atoms with Gasteiger partial charge < -0.3 is 16.2 Å². The summed E-state index contributed by atoms with van der Waals surface area (Å²) in [5.41, 5.74) is 6.71. The predicted molar refractivity (Wildman–Crippen MR) is 167 cm³/mol. The summed E-state index contributed by atoms with van der Waals surface area (Å²) in [6.07, 6.45) is 1.15. The molecule has 43 heavy (non-hydrogen) atoms. The molecule has 0 aromatic heterocycles. The van der Waals surface area contributed by atoms with Gasteiger partial charge in [0.05, 0.1) is 10.6 Å². The number of carbonyl (C=O) groups is 3. The van der Waals surface area contributed by atoms with Crippen molar-refractivity contribution < 1.29 is 27.9 Å². The Morgan fingerprint density at radius 1 is 0.930 bits per heavy atom. The van der Waals surface area contributed by atoms with Gasteiger partial charge in [0.1, 0.15) is 6.04 Å². The second-order valence-corrected chi connectivity index (χ2v) is 12.5. The molecule has 4 N–H and O–H groups in total. The fraction of sp³-hybridized carbons (Fsp3) is 0.194. The number of amides is 2. The average Bonchev–Trinajstić information content (AvgIpc) is 2.97. The number of hydrogen-bond donors (Lipinski definition) is 3. The minimum absolute atomic E-state index is 0.0461. The van der Waals surface area contributed by atoms with E-state index in [0.29, 0.717) is 29.2 Å². The number of aliphatic carboxylic acids is 1. The van der Waals surface area contributed by atoms with Crippen LogP contribution in [0.5, 0.6) is 0 Å². The van der Waals surface area contributed by atoms with E-state index in [-0.39, 0.29) is 39.2 Å². The summed E-state index contributed by atoms with van der Waals surface area (Å²) in [6.45, 7) is 2.03. The van der Waals surface area contributed by atoms with Gasteiger partial charge in [-0.15, -0.1) is 0 Å². The molecular weight excluding hydrogens is 613 g/mol. The van der Waals surface area contributed by atoms with E-state index in [1.807, 2.05) is 6.92 Å². The fourth-order valence-electron chi connectivity index (χ4n) is 4.74. The van der Waals surface area contributed by atoms with Crippen LogP contribution >= 0.6 is 23.2 Å². The standard InChI is InChI=1S/C31H29Cl2N3O6S/c1-2-3-9-28(31(39)40)36(43(41,42)23-16-21(32)15-22(33)17-23)27-10-5-6-24-25(27)7-4-8-26(24)30(38)35-18-19-11-13-20(14-12-19)29(34)37/h4-8,10-17,28H,2-3,9,18H2,1H3,(H2,34,37)(H,35,38)(H,39,40). The van der Waals surface area contributed by atoms with Crippen LogP contribution in [0.4, 0.5) is 5.69 Å². The molecule has 0 fully saturated rings. The molecule has 0 aliphatic heterocycles. The van der Waals surface area contributed by atoms with Crippen molar-refractivity contribution in [2.75, 3.05) is 4.31 Å². The molecule has 224 valence electrons. The van der Waals surface area contributed by atoms with Gasteiger partial charge in [0.15, 0.2) is 0 Å². The molecule has 0 radical (unpaired) electrons. The Hall–Kier alpha value is -4.12. The van der Waals surface area contributed by atoms with Gasteiger partial charge >= 0.3 is 5.97 Å². The zero-order valence-electron chi connectivity index (χ0n) is 23.1. The predicted octanol–water partition coefficient (Wildman–Crippen LogP) is 6.01. The first-order valence-corrected chi connectivity index (χ1v) is 15.6. The number of hydrogen-bond acceptors (Lipinski definition) is 5. The summed E-state index contributed by atoms with van der Waals surface area (Å²) in [4.78, 5) is 37.0. The molecule has 9 nitrogen and oxygen atoms in total. The molecule has 1 unspecified atom stereocenters. The van der Waals surface area contributed by atoms with Gasteiger partial charge in [0.2, 0.25) is 5.91 Å². The molecule has 1 atom stereocenters. The third kappa shape index (κ3) is 7.10. The second-order valence-electron chi connectivity index (χ2n) is 9.82. The SMILES string of the molecule is CCCCC(C(=O)O)N(c1cccc2c(C(=O)NCc3ccc(C(N)=O)cc3)cccc12)S(=O)(=O)c1cc(Cl)cc(Cl)c1. The number of benzene rings is 4. The Morgan fingerprint density at radius 2 is 1.56 bits per heavy atom. The molecule has 0 aliphatic rings. The van der Waals surface area contributed by atoms with Gasteiger partial charge in [-0.05, 0) is 59.8 Å². The lowest BCUT2D eigenvalue weighted by Gasteiger charge is -2.31. The Kier molecular flexibility index (Phi) is 9.95. The molecule has 0 heterocycles. The number of halogens is 2. The van der Waals surface area contributed by atoms with E-state index in [1.54, 1.807) is 54.6 Å². The van der Waals surface area contributed by atoms with Crippen molar-refractivity contribution in [1.82, 2.24) is 5.32 Å². The first kappa shape index (κ1) is 31.8. The lowest BCUT2D eigenvalue weighted by molar-refractivity contribution is -0.138. The number of carboxylic acid groups (broad SMARTS) is 1. The molecule has 0 spiro atoms. The van der Waals surface area contributed by atoms with Crippen molar-refractivity contribution in [3.05, 3.63) is 106 Å². The summed E-state index contributed by atoms with van der Waals surface area (Å²) >= 11 is 12.3. The molecule has 12 heteroatoms. The second kappa shape index (κ2) is 13.5. The Morgan fingerprint density at radius 3 is 2.16 bits per heavy atom. The molecule has 4 aromatic rings. The topological polar surface area (TPSA) is 147 Å². The summed E-state index contributed by atoms with van der Waals surface area (Å²) in [5.74, 6) is -2.31. The minimum atomic E-state index is -4.50. The summed E-state index contributed by atoms with van der Waals surface area (Å²) in [5, 5.41) is 14.0. The molecule has 4 aromatic carbocycles. The van der Waals surface area contributed by atoms with E-state index in [9.17, 15) is 27.9 Å². The Balaban J connectivity index is 1.80. The van der Waals surface area contributed by atoms with Crippen LogP contribution in [0.25, 0.3) is 10.8 Å².